The molecule has 1 aromatic carbocycles. The Morgan fingerprint density at radius 3 is 2.40 bits per heavy atom. The third-order valence-corrected chi connectivity index (χ3v) is 4.44. The summed E-state index contributed by atoms with van der Waals surface area (Å²) in [4.78, 5) is 62.4. The van der Waals surface area contributed by atoms with Crippen molar-refractivity contribution in [1.82, 2.24) is 14.9 Å². The van der Waals surface area contributed by atoms with Crippen LogP contribution in [0.5, 0.6) is 0 Å². The van der Waals surface area contributed by atoms with E-state index in [0.29, 0.717) is 0 Å². The molecule has 0 aliphatic rings. The first kappa shape index (κ1) is 22.6. The molecule has 1 atom stereocenters. The first-order valence-corrected chi connectivity index (χ1v) is 9.23. The summed E-state index contributed by atoms with van der Waals surface area (Å²) < 4.78 is 5.91. The summed E-state index contributed by atoms with van der Waals surface area (Å²) in [6.07, 6.45) is 0.0836. The zero-order valence-corrected chi connectivity index (χ0v) is 16.9. The Labute approximate surface area is 172 Å². The number of anilines is 1. The molecule has 0 aliphatic carbocycles. The van der Waals surface area contributed by atoms with E-state index in [2.05, 4.69) is 5.32 Å². The minimum absolute atomic E-state index is 0.0836. The van der Waals surface area contributed by atoms with E-state index in [4.69, 9.17) is 10.5 Å². The number of hydrogen-bond acceptors (Lipinski definition) is 7. The average molecular weight is 416 g/mol. The Bertz CT molecular complexity index is 1060. The summed E-state index contributed by atoms with van der Waals surface area (Å²) in [5.41, 5.74) is 4.24. The van der Waals surface area contributed by atoms with Gasteiger partial charge in [-0.1, -0.05) is 44.2 Å². The van der Waals surface area contributed by atoms with Crippen LogP contribution in [0.3, 0.4) is 0 Å². The lowest BCUT2D eigenvalue weighted by Gasteiger charge is -2.20. The summed E-state index contributed by atoms with van der Waals surface area (Å²) in [5, 5.41) is 2.60. The Kier molecular flexibility index (Phi) is 7.29. The van der Waals surface area contributed by atoms with E-state index in [1.807, 2.05) is 11.1 Å². The van der Waals surface area contributed by atoms with E-state index in [1.54, 1.807) is 38.1 Å². The standard InChI is InChI=1S/C20H24N4O6/c1-11(2)16(22-14(26)9-12-7-5-4-6-8-12)19(28)30-10-13(25)15-17(21)24(3)20(29)23-18(15)27/h4-8,11,16H,9-10,21H2,1-3H3,(H,22,26)(H,23,27,29)/t16-/m0/s1. The predicted octanol–water partition coefficient (Wildman–Crippen LogP) is -0.235. The number of nitrogens with one attached hydrogen (secondary N) is 2. The van der Waals surface area contributed by atoms with Crippen LogP contribution < -0.4 is 22.3 Å². The monoisotopic (exact) mass is 416 g/mol. The van der Waals surface area contributed by atoms with Crippen molar-refractivity contribution >= 4 is 23.5 Å². The highest BCUT2D eigenvalue weighted by molar-refractivity contribution is 6.01. The van der Waals surface area contributed by atoms with Gasteiger partial charge in [-0.15, -0.1) is 0 Å². The van der Waals surface area contributed by atoms with Gasteiger partial charge >= 0.3 is 11.7 Å². The van der Waals surface area contributed by atoms with Crippen molar-refractivity contribution in [2.75, 3.05) is 12.3 Å². The van der Waals surface area contributed by atoms with Crippen LogP contribution in [0.25, 0.3) is 0 Å². The average Bonchev–Trinajstić information content (AvgIpc) is 2.69. The molecule has 1 heterocycles. The molecule has 0 saturated heterocycles. The van der Waals surface area contributed by atoms with Crippen molar-refractivity contribution in [1.29, 1.82) is 0 Å². The van der Waals surface area contributed by atoms with E-state index < -0.39 is 41.2 Å². The summed E-state index contributed by atoms with van der Waals surface area (Å²) in [5.74, 6) is -2.70. The quantitative estimate of drug-likeness (QED) is 0.397. The molecule has 0 fully saturated rings. The van der Waals surface area contributed by atoms with Crippen molar-refractivity contribution in [3.63, 3.8) is 0 Å². The topological polar surface area (TPSA) is 153 Å². The molecule has 0 aliphatic heterocycles. The number of esters is 1. The number of hydrogen-bond donors (Lipinski definition) is 3. The number of nitrogens with two attached hydrogens (primary N) is 1. The smallest absolute Gasteiger partial charge is 0.329 e. The van der Waals surface area contributed by atoms with Gasteiger partial charge in [0.25, 0.3) is 5.56 Å². The second-order valence-electron chi connectivity index (χ2n) is 7.06. The van der Waals surface area contributed by atoms with E-state index in [9.17, 15) is 24.0 Å². The SMILES string of the molecule is CC(C)[C@H](NC(=O)Cc1ccccc1)C(=O)OCC(=O)c1c(N)n(C)c(=O)[nH]c1=O. The number of ether oxygens (including phenoxy) is 1. The molecule has 160 valence electrons. The van der Waals surface area contributed by atoms with Crippen molar-refractivity contribution in [2.45, 2.75) is 26.3 Å². The Morgan fingerprint density at radius 2 is 1.80 bits per heavy atom. The maximum Gasteiger partial charge on any atom is 0.329 e. The Hall–Kier alpha value is -3.69. The van der Waals surface area contributed by atoms with Gasteiger partial charge in [0.1, 0.15) is 17.4 Å². The number of aromatic nitrogens is 2. The fraction of sp³-hybridized carbons (Fsp3) is 0.350. The van der Waals surface area contributed by atoms with Crippen LogP contribution >= 0.6 is 0 Å². The van der Waals surface area contributed by atoms with Crippen LogP contribution in [-0.4, -0.2) is 39.9 Å². The number of nitrogens with zero attached hydrogens (tertiary/aromatic N) is 1. The highest BCUT2D eigenvalue weighted by atomic mass is 16.5. The first-order chi connectivity index (χ1) is 14.1. The molecule has 10 nitrogen and oxygen atoms in total. The predicted molar refractivity (Wildman–Crippen MR) is 109 cm³/mol. The van der Waals surface area contributed by atoms with Gasteiger partial charge in [0.2, 0.25) is 11.7 Å². The van der Waals surface area contributed by atoms with Crippen molar-refractivity contribution < 1.29 is 19.1 Å². The fourth-order valence-corrected chi connectivity index (χ4v) is 2.71. The van der Waals surface area contributed by atoms with E-state index in [1.165, 1.54) is 7.05 Å². The molecule has 10 heteroatoms. The van der Waals surface area contributed by atoms with E-state index >= 15 is 0 Å². The van der Waals surface area contributed by atoms with Gasteiger partial charge in [-0.25, -0.2) is 9.59 Å². The van der Waals surface area contributed by atoms with E-state index in [0.717, 1.165) is 10.1 Å². The zero-order valence-electron chi connectivity index (χ0n) is 16.9. The molecule has 2 aromatic rings. The van der Waals surface area contributed by atoms with Gasteiger partial charge in [-0.05, 0) is 11.5 Å². The molecule has 1 aromatic heterocycles. The van der Waals surface area contributed by atoms with Crippen molar-refractivity contribution in [2.24, 2.45) is 13.0 Å². The van der Waals surface area contributed by atoms with E-state index in [-0.39, 0.29) is 24.1 Å². The van der Waals surface area contributed by atoms with Crippen LogP contribution in [0.2, 0.25) is 0 Å². The largest absolute Gasteiger partial charge is 0.456 e. The second kappa shape index (κ2) is 9.68. The van der Waals surface area contributed by atoms with Crippen LogP contribution in [0.1, 0.15) is 29.8 Å². The molecule has 1 amide bonds. The number of carbonyl (C=O) groups excluding carboxylic acids is 3. The van der Waals surface area contributed by atoms with Crippen LogP contribution in [-0.2, 0) is 27.8 Å². The van der Waals surface area contributed by atoms with Crippen molar-refractivity contribution in [3.05, 3.63) is 62.3 Å². The van der Waals surface area contributed by atoms with Gasteiger partial charge < -0.3 is 15.8 Å². The van der Waals surface area contributed by atoms with Crippen LogP contribution in [0.15, 0.2) is 39.9 Å². The summed E-state index contributed by atoms with van der Waals surface area (Å²) in [7, 11) is 1.29. The molecule has 0 saturated carbocycles. The molecule has 0 unspecified atom stereocenters. The van der Waals surface area contributed by atoms with Gasteiger partial charge in [0.15, 0.2) is 6.61 Å². The van der Waals surface area contributed by atoms with Gasteiger partial charge in [-0.2, -0.15) is 0 Å². The van der Waals surface area contributed by atoms with Crippen molar-refractivity contribution in [3.8, 4) is 0 Å². The highest BCUT2D eigenvalue weighted by Crippen LogP contribution is 2.08. The third-order valence-electron chi connectivity index (χ3n) is 4.44. The highest BCUT2D eigenvalue weighted by Gasteiger charge is 2.27. The number of H-pyrrole nitrogens is 1. The lowest BCUT2D eigenvalue weighted by Crippen LogP contribution is -2.46. The van der Waals surface area contributed by atoms with Gasteiger partial charge in [-0.3, -0.25) is 23.9 Å². The fourth-order valence-electron chi connectivity index (χ4n) is 2.71. The zero-order chi connectivity index (χ0) is 22.4. The molecule has 2 rings (SSSR count). The third kappa shape index (κ3) is 5.43. The lowest BCUT2D eigenvalue weighted by molar-refractivity contribution is -0.148. The number of Topliss-reactive ketones (excluding diaryl/α,β-unsaturated/α-hetero) is 1. The number of ketones is 1. The number of nitrogen functional groups attached to an aromatic ring is 1. The number of rotatable bonds is 8. The maximum atomic E-state index is 12.4. The molecular weight excluding hydrogens is 392 g/mol. The molecule has 0 spiro atoms. The number of amides is 1. The second-order valence-corrected chi connectivity index (χ2v) is 7.06. The van der Waals surface area contributed by atoms with Gasteiger partial charge in [0, 0.05) is 7.05 Å². The normalized spacial score (nSPS) is 11.7. The molecule has 0 bridgehead atoms. The molecule has 30 heavy (non-hydrogen) atoms. The first-order valence-electron chi connectivity index (χ1n) is 9.23. The van der Waals surface area contributed by atoms with Crippen LogP contribution in [0, 0.1) is 5.92 Å². The van der Waals surface area contributed by atoms with Crippen LogP contribution in [0.4, 0.5) is 5.82 Å². The summed E-state index contributed by atoms with van der Waals surface area (Å²) in [6.45, 7) is 2.67. The number of aromatic amines is 1. The van der Waals surface area contributed by atoms with Gasteiger partial charge in [0.05, 0.1) is 6.42 Å². The maximum absolute atomic E-state index is 12.4. The lowest BCUT2D eigenvalue weighted by atomic mass is 10.0. The molecular formula is C20H24N4O6. The minimum Gasteiger partial charge on any atom is -0.456 e. The summed E-state index contributed by atoms with van der Waals surface area (Å²) in [6, 6.07) is 8.02. The summed E-state index contributed by atoms with van der Waals surface area (Å²) >= 11 is 0. The number of carbonyl (C=O) groups is 3. The number of benzene rings is 1. The molecule has 0 radical (unpaired) electrons. The minimum atomic E-state index is -0.982. The molecule has 4 N–H and O–H groups in total. The Morgan fingerprint density at radius 1 is 1.17 bits per heavy atom. The Balaban J connectivity index is 2.04.